The molecule has 0 aromatic heterocycles. The molecule has 80 valence electrons. The summed E-state index contributed by atoms with van der Waals surface area (Å²) < 4.78 is 4.56. The van der Waals surface area contributed by atoms with Crippen LogP contribution in [0.3, 0.4) is 0 Å². The van der Waals surface area contributed by atoms with E-state index < -0.39 is 5.97 Å². The van der Waals surface area contributed by atoms with Crippen molar-refractivity contribution in [2.24, 2.45) is 4.99 Å². The molecule has 15 heavy (non-hydrogen) atoms. The lowest BCUT2D eigenvalue weighted by Crippen LogP contribution is -2.25. The highest BCUT2D eigenvalue weighted by molar-refractivity contribution is 8.93. The van der Waals surface area contributed by atoms with Crippen LogP contribution in [0.1, 0.15) is 0 Å². The lowest BCUT2D eigenvalue weighted by atomic mass is 10.2. The molecule has 6 heteroatoms. The van der Waals surface area contributed by atoms with Gasteiger partial charge in [-0.25, -0.2) is 4.79 Å². The quantitative estimate of drug-likeness (QED) is 0.650. The fourth-order valence-corrected chi connectivity index (χ4v) is 1.31. The number of fused-ring (bicyclic) bond motifs is 1. The minimum Gasteiger partial charge on any atom is -0.465 e. The summed E-state index contributed by atoms with van der Waals surface area (Å²) in [5.74, 6) is -0.0469. The molecule has 0 atom stereocenters. The molecule has 2 aliphatic rings. The van der Waals surface area contributed by atoms with Gasteiger partial charge in [-0.3, -0.25) is 4.79 Å². The minimum absolute atomic E-state index is 0. The van der Waals surface area contributed by atoms with Gasteiger partial charge in [0.15, 0.2) is 0 Å². The Kier molecular flexibility index (Phi) is 3.41. The van der Waals surface area contributed by atoms with Gasteiger partial charge in [0.2, 0.25) is 0 Å². The number of amides is 1. The zero-order valence-electron chi connectivity index (χ0n) is 7.97. The Morgan fingerprint density at radius 2 is 2.27 bits per heavy atom. The van der Waals surface area contributed by atoms with E-state index in [2.05, 4.69) is 9.73 Å². The van der Waals surface area contributed by atoms with Crippen LogP contribution in [0.15, 0.2) is 28.9 Å². The number of hydrogen-bond donors (Lipinski definition) is 0. The summed E-state index contributed by atoms with van der Waals surface area (Å²) in [6.07, 6.45) is 4.77. The van der Waals surface area contributed by atoms with Crippen molar-refractivity contribution in [3.63, 3.8) is 0 Å². The maximum atomic E-state index is 11.1. The zero-order valence-corrected chi connectivity index (χ0v) is 9.68. The highest BCUT2D eigenvalue weighted by Gasteiger charge is 2.24. The molecule has 0 spiro atoms. The molecule has 0 fully saturated rings. The Hall–Kier alpha value is -1.43. The van der Waals surface area contributed by atoms with Gasteiger partial charge in [-0.15, -0.1) is 17.0 Å². The van der Waals surface area contributed by atoms with Gasteiger partial charge < -0.3 is 9.64 Å². The highest BCUT2D eigenvalue weighted by atomic mass is 79.9. The first-order valence-electron chi connectivity index (χ1n) is 4.07. The Morgan fingerprint density at radius 3 is 2.93 bits per heavy atom. The average Bonchev–Trinajstić information content (AvgIpc) is 2.55. The lowest BCUT2D eigenvalue weighted by Gasteiger charge is -2.16. The summed E-state index contributed by atoms with van der Waals surface area (Å²) in [6, 6.07) is 0. The molecule has 0 saturated heterocycles. The first-order chi connectivity index (χ1) is 6.70. The van der Waals surface area contributed by atoms with Crippen LogP contribution in [-0.4, -0.2) is 36.3 Å². The van der Waals surface area contributed by atoms with E-state index in [0.29, 0.717) is 11.4 Å². The molecular weight excluding hydrogens is 264 g/mol. The van der Waals surface area contributed by atoms with Crippen LogP contribution < -0.4 is 0 Å². The molecule has 1 amide bonds. The maximum absolute atomic E-state index is 11.1. The van der Waals surface area contributed by atoms with Gasteiger partial charge in [0.25, 0.3) is 5.91 Å². The number of carbonyl (C=O) groups is 2. The molecule has 2 heterocycles. The molecule has 0 saturated carbocycles. The zero-order chi connectivity index (χ0) is 10.1. The predicted molar refractivity (Wildman–Crippen MR) is 58.7 cm³/mol. The van der Waals surface area contributed by atoms with Crippen molar-refractivity contribution >= 4 is 34.7 Å². The van der Waals surface area contributed by atoms with Crippen molar-refractivity contribution in [3.05, 3.63) is 23.9 Å². The van der Waals surface area contributed by atoms with Crippen LogP contribution in [0.5, 0.6) is 0 Å². The summed E-state index contributed by atoms with van der Waals surface area (Å²) in [5, 5.41) is 0. The molecular formula is C9H9BrN2O3. The van der Waals surface area contributed by atoms with Crippen LogP contribution in [-0.2, 0) is 14.3 Å². The summed E-state index contributed by atoms with van der Waals surface area (Å²) in [5.41, 5.74) is 0.418. The largest absolute Gasteiger partial charge is 0.465 e. The van der Waals surface area contributed by atoms with Crippen molar-refractivity contribution in [2.45, 2.75) is 0 Å². The van der Waals surface area contributed by atoms with Crippen molar-refractivity contribution in [1.29, 1.82) is 0 Å². The van der Waals surface area contributed by atoms with E-state index in [1.54, 1.807) is 23.3 Å². The first-order valence-corrected chi connectivity index (χ1v) is 4.07. The number of methoxy groups -OCH3 is 1. The standard InChI is InChI=1S/C9H8N2O3.BrH/c1-14-9(13)6-2-3-7-10-8(12)5-11(7)4-6;/h2-4H,5H2,1H3;1H. The van der Waals surface area contributed by atoms with Crippen LogP contribution in [0.2, 0.25) is 0 Å². The molecule has 0 unspecified atom stereocenters. The van der Waals surface area contributed by atoms with Crippen LogP contribution in [0, 0.1) is 0 Å². The number of hydrogen-bond acceptors (Lipinski definition) is 4. The first kappa shape index (κ1) is 11.6. The number of amidine groups is 1. The molecule has 5 nitrogen and oxygen atoms in total. The summed E-state index contributed by atoms with van der Waals surface area (Å²) >= 11 is 0. The number of aliphatic imine (C=N–C) groups is 1. The molecule has 2 aliphatic heterocycles. The fraction of sp³-hybridized carbons (Fsp3) is 0.222. The maximum Gasteiger partial charge on any atom is 0.339 e. The second-order valence-corrected chi connectivity index (χ2v) is 2.90. The smallest absolute Gasteiger partial charge is 0.339 e. The van der Waals surface area contributed by atoms with Crippen LogP contribution >= 0.6 is 17.0 Å². The average molecular weight is 273 g/mol. The monoisotopic (exact) mass is 272 g/mol. The number of halogens is 1. The van der Waals surface area contributed by atoms with Crippen molar-refractivity contribution in [1.82, 2.24) is 4.90 Å². The minimum atomic E-state index is -0.417. The van der Waals surface area contributed by atoms with E-state index in [4.69, 9.17) is 0 Å². The van der Waals surface area contributed by atoms with Crippen LogP contribution in [0.4, 0.5) is 0 Å². The van der Waals surface area contributed by atoms with E-state index in [0.717, 1.165) is 0 Å². The Balaban J connectivity index is 0.00000112. The molecule has 0 N–H and O–H groups in total. The Labute approximate surface area is 96.9 Å². The number of ether oxygens (including phenoxy) is 1. The predicted octanol–water partition coefficient (Wildman–Crippen LogP) is 0.432. The summed E-state index contributed by atoms with van der Waals surface area (Å²) in [6.45, 7) is 0.195. The van der Waals surface area contributed by atoms with Gasteiger partial charge in [0.05, 0.1) is 12.7 Å². The van der Waals surface area contributed by atoms with Crippen molar-refractivity contribution < 1.29 is 14.3 Å². The second-order valence-electron chi connectivity index (χ2n) is 2.90. The van der Waals surface area contributed by atoms with E-state index in [9.17, 15) is 9.59 Å². The van der Waals surface area contributed by atoms with Gasteiger partial charge in [-0.2, -0.15) is 4.99 Å². The Morgan fingerprint density at radius 1 is 1.53 bits per heavy atom. The fourth-order valence-electron chi connectivity index (χ4n) is 1.31. The topological polar surface area (TPSA) is 59.0 Å². The number of esters is 1. The molecule has 0 aliphatic carbocycles. The van der Waals surface area contributed by atoms with Crippen molar-refractivity contribution in [2.75, 3.05) is 13.7 Å². The van der Waals surface area contributed by atoms with Gasteiger partial charge in [0.1, 0.15) is 12.4 Å². The van der Waals surface area contributed by atoms with E-state index in [-0.39, 0.29) is 29.4 Å². The van der Waals surface area contributed by atoms with Gasteiger partial charge in [-0.05, 0) is 12.2 Å². The number of rotatable bonds is 1. The third-order valence-electron chi connectivity index (χ3n) is 1.97. The number of carbonyl (C=O) groups excluding carboxylic acids is 2. The summed E-state index contributed by atoms with van der Waals surface area (Å²) in [7, 11) is 1.32. The normalized spacial score (nSPS) is 17.7. The van der Waals surface area contributed by atoms with Gasteiger partial charge in [0, 0.05) is 6.20 Å². The molecule has 0 bridgehead atoms. The summed E-state index contributed by atoms with van der Waals surface area (Å²) in [4.78, 5) is 27.5. The third kappa shape index (κ3) is 2.15. The van der Waals surface area contributed by atoms with E-state index >= 15 is 0 Å². The van der Waals surface area contributed by atoms with Gasteiger partial charge >= 0.3 is 5.97 Å². The Bertz CT molecular complexity index is 398. The van der Waals surface area contributed by atoms with Crippen LogP contribution in [0.25, 0.3) is 0 Å². The molecule has 2 rings (SSSR count). The van der Waals surface area contributed by atoms with E-state index in [1.165, 1.54) is 7.11 Å². The molecule has 0 radical (unpaired) electrons. The van der Waals surface area contributed by atoms with Crippen molar-refractivity contribution in [3.8, 4) is 0 Å². The highest BCUT2D eigenvalue weighted by Crippen LogP contribution is 2.14. The lowest BCUT2D eigenvalue weighted by molar-refractivity contribution is -0.135. The number of nitrogens with zero attached hydrogens (tertiary/aromatic N) is 2. The third-order valence-corrected chi connectivity index (χ3v) is 1.97. The second kappa shape index (κ2) is 4.39. The van der Waals surface area contributed by atoms with Gasteiger partial charge in [-0.1, -0.05) is 0 Å². The molecule has 0 aromatic rings. The van der Waals surface area contributed by atoms with E-state index in [1.807, 2.05) is 0 Å². The molecule has 0 aromatic carbocycles. The SMILES string of the molecule is Br.COC(=O)C1=CN2CC(=O)N=C2C=C1.